The standard InChI is InChI=1S/C15H29N.C2H6/c1-5-7-14-12(6-2)8-9-13-11(3)16(4)10-15(13)14;1-2/h11-15H,5-10H2,1-4H3;1-2H3. The van der Waals surface area contributed by atoms with Crippen LogP contribution in [0.1, 0.15) is 66.7 Å². The third-order valence-electron chi connectivity index (χ3n) is 5.54. The van der Waals surface area contributed by atoms with Gasteiger partial charge in [-0.15, -0.1) is 0 Å². The van der Waals surface area contributed by atoms with Crippen molar-refractivity contribution in [3.05, 3.63) is 0 Å². The Bertz CT molecular complexity index is 226. The highest BCUT2D eigenvalue weighted by atomic mass is 15.2. The Labute approximate surface area is 115 Å². The Hall–Kier alpha value is -0.0400. The Balaban J connectivity index is 0.000000771. The lowest BCUT2D eigenvalue weighted by Gasteiger charge is -2.40. The minimum absolute atomic E-state index is 0.835. The molecule has 18 heavy (non-hydrogen) atoms. The predicted octanol–water partition coefficient (Wildman–Crippen LogP) is 4.82. The molecule has 5 atom stereocenters. The zero-order valence-electron chi connectivity index (χ0n) is 13.6. The summed E-state index contributed by atoms with van der Waals surface area (Å²) in [4.78, 5) is 2.61. The topological polar surface area (TPSA) is 3.24 Å². The van der Waals surface area contributed by atoms with Gasteiger partial charge in [0, 0.05) is 12.6 Å². The molecule has 0 aromatic heterocycles. The first kappa shape index (κ1) is 16.0. The summed E-state index contributed by atoms with van der Waals surface area (Å²) in [5, 5.41) is 0. The quantitative estimate of drug-likeness (QED) is 0.697. The van der Waals surface area contributed by atoms with Gasteiger partial charge in [0.15, 0.2) is 0 Å². The van der Waals surface area contributed by atoms with Crippen LogP contribution in [0.5, 0.6) is 0 Å². The van der Waals surface area contributed by atoms with Gasteiger partial charge in [0.25, 0.3) is 0 Å². The van der Waals surface area contributed by atoms with Gasteiger partial charge in [-0.25, -0.2) is 0 Å². The highest BCUT2D eigenvalue weighted by Gasteiger charge is 2.45. The molecule has 2 rings (SSSR count). The van der Waals surface area contributed by atoms with E-state index < -0.39 is 0 Å². The molecule has 1 nitrogen and oxygen atoms in total. The third-order valence-corrected chi connectivity index (χ3v) is 5.54. The summed E-state index contributed by atoms with van der Waals surface area (Å²) >= 11 is 0. The van der Waals surface area contributed by atoms with E-state index in [1.54, 1.807) is 0 Å². The van der Waals surface area contributed by atoms with Gasteiger partial charge in [0.1, 0.15) is 0 Å². The average molecular weight is 253 g/mol. The Morgan fingerprint density at radius 3 is 2.28 bits per heavy atom. The molecule has 0 aromatic rings. The maximum atomic E-state index is 2.61. The molecular weight excluding hydrogens is 218 g/mol. The summed E-state index contributed by atoms with van der Waals surface area (Å²) in [7, 11) is 2.33. The lowest BCUT2D eigenvalue weighted by molar-refractivity contribution is 0.102. The molecule has 1 saturated heterocycles. The monoisotopic (exact) mass is 253 g/mol. The van der Waals surface area contributed by atoms with E-state index in [9.17, 15) is 0 Å². The lowest BCUT2D eigenvalue weighted by atomic mass is 9.64. The van der Waals surface area contributed by atoms with E-state index in [2.05, 4.69) is 32.7 Å². The van der Waals surface area contributed by atoms with E-state index in [-0.39, 0.29) is 0 Å². The van der Waals surface area contributed by atoms with Crippen LogP contribution in [-0.2, 0) is 0 Å². The van der Waals surface area contributed by atoms with E-state index in [1.165, 1.54) is 38.6 Å². The largest absolute Gasteiger partial charge is 0.303 e. The molecule has 2 aliphatic rings. The van der Waals surface area contributed by atoms with Gasteiger partial charge in [0.2, 0.25) is 0 Å². The molecule has 0 bridgehead atoms. The van der Waals surface area contributed by atoms with Gasteiger partial charge >= 0.3 is 0 Å². The maximum absolute atomic E-state index is 2.61. The van der Waals surface area contributed by atoms with Crippen molar-refractivity contribution in [1.82, 2.24) is 4.90 Å². The highest BCUT2D eigenvalue weighted by molar-refractivity contribution is 4.97. The fourth-order valence-corrected chi connectivity index (χ4v) is 4.49. The van der Waals surface area contributed by atoms with Crippen molar-refractivity contribution in [1.29, 1.82) is 0 Å². The van der Waals surface area contributed by atoms with Gasteiger partial charge in [-0.05, 0) is 50.5 Å². The third kappa shape index (κ3) is 3.10. The van der Waals surface area contributed by atoms with E-state index >= 15 is 0 Å². The van der Waals surface area contributed by atoms with Crippen molar-refractivity contribution in [2.75, 3.05) is 13.6 Å². The van der Waals surface area contributed by atoms with E-state index in [0.29, 0.717) is 0 Å². The summed E-state index contributed by atoms with van der Waals surface area (Å²) in [5.41, 5.74) is 0. The summed E-state index contributed by atoms with van der Waals surface area (Å²) in [6, 6.07) is 0.835. The fraction of sp³-hybridized carbons (Fsp3) is 1.00. The second kappa shape index (κ2) is 7.53. The van der Waals surface area contributed by atoms with Gasteiger partial charge in [-0.3, -0.25) is 0 Å². The van der Waals surface area contributed by atoms with Crippen molar-refractivity contribution >= 4 is 0 Å². The van der Waals surface area contributed by atoms with E-state index in [4.69, 9.17) is 0 Å². The van der Waals surface area contributed by atoms with Crippen molar-refractivity contribution in [2.24, 2.45) is 23.7 Å². The molecule has 0 radical (unpaired) electrons. The second-order valence-corrected chi connectivity index (χ2v) is 6.21. The molecule has 0 aromatic carbocycles. The molecule has 1 aliphatic heterocycles. The number of likely N-dealkylation sites (tertiary alicyclic amines) is 1. The van der Waals surface area contributed by atoms with Crippen LogP contribution < -0.4 is 0 Å². The molecule has 0 amide bonds. The number of rotatable bonds is 3. The summed E-state index contributed by atoms with van der Waals surface area (Å²) in [6.45, 7) is 12.6. The first-order chi connectivity index (χ1) is 8.69. The molecule has 5 unspecified atom stereocenters. The van der Waals surface area contributed by atoms with E-state index in [0.717, 1.165) is 29.7 Å². The first-order valence-corrected chi connectivity index (χ1v) is 8.39. The van der Waals surface area contributed by atoms with Gasteiger partial charge in [-0.1, -0.05) is 47.0 Å². The van der Waals surface area contributed by atoms with Crippen LogP contribution in [0.2, 0.25) is 0 Å². The van der Waals surface area contributed by atoms with Crippen LogP contribution in [0, 0.1) is 23.7 Å². The van der Waals surface area contributed by atoms with Gasteiger partial charge < -0.3 is 4.90 Å². The molecule has 108 valence electrons. The molecule has 1 saturated carbocycles. The maximum Gasteiger partial charge on any atom is 0.00954 e. The number of hydrogen-bond donors (Lipinski definition) is 0. The van der Waals surface area contributed by atoms with Crippen LogP contribution in [0.25, 0.3) is 0 Å². The number of hydrogen-bond acceptors (Lipinski definition) is 1. The van der Waals surface area contributed by atoms with Gasteiger partial charge in [0.05, 0.1) is 0 Å². The zero-order chi connectivity index (χ0) is 13.7. The smallest absolute Gasteiger partial charge is 0.00954 e. The normalized spacial score (nSPS) is 40.0. The van der Waals surface area contributed by atoms with Crippen molar-refractivity contribution < 1.29 is 0 Å². The van der Waals surface area contributed by atoms with Crippen LogP contribution in [0.15, 0.2) is 0 Å². The molecule has 0 N–H and O–H groups in total. The molecule has 1 aliphatic carbocycles. The first-order valence-electron chi connectivity index (χ1n) is 8.39. The van der Waals surface area contributed by atoms with Crippen molar-refractivity contribution in [3.63, 3.8) is 0 Å². The predicted molar refractivity (Wildman–Crippen MR) is 81.8 cm³/mol. The van der Waals surface area contributed by atoms with Crippen molar-refractivity contribution in [2.45, 2.75) is 72.8 Å². The summed E-state index contributed by atoms with van der Waals surface area (Å²) in [5.74, 6) is 4.07. The highest BCUT2D eigenvalue weighted by Crippen LogP contribution is 2.48. The molecule has 0 spiro atoms. The Morgan fingerprint density at radius 2 is 1.72 bits per heavy atom. The fourth-order valence-electron chi connectivity index (χ4n) is 4.49. The summed E-state index contributed by atoms with van der Waals surface area (Å²) in [6.07, 6.45) is 7.25. The number of nitrogens with zero attached hydrogens (tertiary/aromatic N) is 1. The van der Waals surface area contributed by atoms with E-state index in [1.807, 2.05) is 13.8 Å². The lowest BCUT2D eigenvalue weighted by Crippen LogP contribution is -2.35. The van der Waals surface area contributed by atoms with Crippen LogP contribution in [0.3, 0.4) is 0 Å². The minimum atomic E-state index is 0.835. The van der Waals surface area contributed by atoms with Gasteiger partial charge in [-0.2, -0.15) is 0 Å². The van der Waals surface area contributed by atoms with Crippen LogP contribution in [-0.4, -0.2) is 24.5 Å². The minimum Gasteiger partial charge on any atom is -0.303 e. The molecule has 1 heteroatoms. The summed E-state index contributed by atoms with van der Waals surface area (Å²) < 4.78 is 0. The Kier molecular flexibility index (Phi) is 6.70. The van der Waals surface area contributed by atoms with Crippen LogP contribution in [0.4, 0.5) is 0 Å². The number of fused-ring (bicyclic) bond motifs is 1. The van der Waals surface area contributed by atoms with Crippen LogP contribution >= 0.6 is 0 Å². The molecule has 1 heterocycles. The molecular formula is C17H35N. The van der Waals surface area contributed by atoms with Crippen molar-refractivity contribution in [3.8, 4) is 0 Å². The SMILES string of the molecule is CC.CCCC1C(CC)CCC2C1CN(C)C2C. The average Bonchev–Trinajstić information content (AvgIpc) is 2.69. The second-order valence-electron chi connectivity index (χ2n) is 6.21. The zero-order valence-corrected chi connectivity index (χ0v) is 13.6. The Morgan fingerprint density at radius 1 is 1.06 bits per heavy atom. The molecule has 2 fully saturated rings.